The number of nitrogens with zero attached hydrogens (tertiary/aromatic N) is 4. The quantitative estimate of drug-likeness (QED) is 0.441. The van der Waals surface area contributed by atoms with Crippen molar-refractivity contribution in [3.8, 4) is 5.75 Å². The van der Waals surface area contributed by atoms with Crippen LogP contribution in [0.2, 0.25) is 0 Å². The van der Waals surface area contributed by atoms with Gasteiger partial charge in [-0.15, -0.1) is 11.3 Å². The van der Waals surface area contributed by atoms with Crippen LogP contribution in [0, 0.1) is 0 Å². The first kappa shape index (κ1) is 22.1. The zero-order valence-electron chi connectivity index (χ0n) is 18.6. The number of aromatic nitrogens is 3. The fraction of sp³-hybridized carbons (Fsp3) is 0.280. The van der Waals surface area contributed by atoms with Gasteiger partial charge < -0.3 is 15.0 Å². The third-order valence-electron chi connectivity index (χ3n) is 5.84. The second-order valence-electron chi connectivity index (χ2n) is 8.21. The number of rotatable bonds is 7. The fourth-order valence-electron chi connectivity index (χ4n) is 4.05. The van der Waals surface area contributed by atoms with E-state index in [4.69, 9.17) is 4.74 Å². The van der Waals surface area contributed by atoms with Gasteiger partial charge in [0.15, 0.2) is 4.96 Å². The molecule has 1 N–H and O–H groups in total. The Morgan fingerprint density at radius 3 is 2.88 bits per heavy atom. The number of imidazole rings is 1. The summed E-state index contributed by atoms with van der Waals surface area (Å²) in [6.07, 6.45) is 7.75. The molecule has 0 spiro atoms. The summed E-state index contributed by atoms with van der Waals surface area (Å²) in [5.41, 5.74) is 2.11. The van der Waals surface area contributed by atoms with Crippen LogP contribution in [-0.2, 0) is 17.9 Å². The molecular formula is C25H25N5O3S. The normalized spacial score (nSPS) is 16.1. The Morgan fingerprint density at radius 1 is 1.21 bits per heavy atom. The summed E-state index contributed by atoms with van der Waals surface area (Å²) < 4.78 is 7.66. The Kier molecular flexibility index (Phi) is 6.53. The van der Waals surface area contributed by atoms with Crippen molar-refractivity contribution in [2.24, 2.45) is 0 Å². The van der Waals surface area contributed by atoms with Crippen molar-refractivity contribution in [2.45, 2.75) is 38.5 Å². The van der Waals surface area contributed by atoms with E-state index in [2.05, 4.69) is 15.3 Å². The Labute approximate surface area is 201 Å². The number of benzene rings is 1. The number of hydrogen-bond acceptors (Lipinski definition) is 6. The van der Waals surface area contributed by atoms with Gasteiger partial charge in [-0.3, -0.25) is 19.0 Å². The second kappa shape index (κ2) is 10.0. The van der Waals surface area contributed by atoms with Gasteiger partial charge in [-0.1, -0.05) is 18.2 Å². The van der Waals surface area contributed by atoms with Crippen molar-refractivity contribution < 1.29 is 14.3 Å². The predicted octanol–water partition coefficient (Wildman–Crippen LogP) is 3.68. The first-order valence-electron chi connectivity index (χ1n) is 11.3. The highest BCUT2D eigenvalue weighted by Crippen LogP contribution is 2.22. The van der Waals surface area contributed by atoms with Crippen LogP contribution in [-0.4, -0.2) is 43.7 Å². The van der Waals surface area contributed by atoms with E-state index in [1.54, 1.807) is 17.3 Å². The topological polar surface area (TPSA) is 88.8 Å². The number of pyridine rings is 1. The lowest BCUT2D eigenvalue weighted by Gasteiger charge is -2.29. The lowest BCUT2D eigenvalue weighted by molar-refractivity contribution is -0.125. The summed E-state index contributed by atoms with van der Waals surface area (Å²) in [6, 6.07) is 12.8. The van der Waals surface area contributed by atoms with Crippen LogP contribution in [0.3, 0.4) is 0 Å². The summed E-state index contributed by atoms with van der Waals surface area (Å²) in [5, 5.41) is 4.87. The van der Waals surface area contributed by atoms with E-state index in [1.165, 1.54) is 11.3 Å². The molecular weight excluding hydrogens is 450 g/mol. The van der Waals surface area contributed by atoms with Crippen molar-refractivity contribution in [2.75, 3.05) is 6.54 Å². The van der Waals surface area contributed by atoms with Gasteiger partial charge in [0.1, 0.15) is 24.1 Å². The van der Waals surface area contributed by atoms with Gasteiger partial charge in [-0.25, -0.2) is 4.98 Å². The van der Waals surface area contributed by atoms with Gasteiger partial charge in [0, 0.05) is 37.1 Å². The van der Waals surface area contributed by atoms with Gasteiger partial charge >= 0.3 is 0 Å². The maximum absolute atomic E-state index is 13.5. The summed E-state index contributed by atoms with van der Waals surface area (Å²) in [5.74, 6) is 0.365. The van der Waals surface area contributed by atoms with Gasteiger partial charge in [-0.05, 0) is 49.1 Å². The Bertz CT molecular complexity index is 1240. The number of ether oxygens (including phenoxy) is 1. The number of amides is 2. The SMILES string of the molecule is O=C1NCCCC[C@@H]1N(Cc1ccc(OCc2ccccn2)cc1)C(=O)c1cn2ccsc2n1. The molecule has 174 valence electrons. The molecule has 1 aromatic carbocycles. The molecule has 2 amide bonds. The number of carbonyl (C=O) groups is 2. The van der Waals surface area contributed by atoms with Crippen LogP contribution in [0.1, 0.15) is 41.0 Å². The molecule has 3 aromatic heterocycles. The van der Waals surface area contributed by atoms with Crippen LogP contribution >= 0.6 is 11.3 Å². The largest absolute Gasteiger partial charge is 0.487 e. The van der Waals surface area contributed by atoms with E-state index < -0.39 is 6.04 Å². The molecule has 5 rings (SSSR count). The number of carbonyl (C=O) groups excluding carboxylic acids is 2. The van der Waals surface area contributed by atoms with Crippen LogP contribution in [0.5, 0.6) is 5.75 Å². The van der Waals surface area contributed by atoms with Crippen molar-refractivity contribution in [3.63, 3.8) is 0 Å². The van der Waals surface area contributed by atoms with Gasteiger partial charge in [0.05, 0.1) is 5.69 Å². The van der Waals surface area contributed by atoms with Crippen LogP contribution in [0.25, 0.3) is 4.96 Å². The number of fused-ring (bicyclic) bond motifs is 1. The van der Waals surface area contributed by atoms with Crippen molar-refractivity contribution in [1.29, 1.82) is 0 Å². The minimum atomic E-state index is -0.533. The first-order valence-corrected chi connectivity index (χ1v) is 12.2. The molecule has 1 atom stereocenters. The lowest BCUT2D eigenvalue weighted by Crippen LogP contribution is -2.48. The summed E-state index contributed by atoms with van der Waals surface area (Å²) in [4.78, 5) is 37.5. The van der Waals surface area contributed by atoms with Gasteiger partial charge in [0.25, 0.3) is 5.91 Å². The van der Waals surface area contributed by atoms with E-state index in [0.717, 1.165) is 29.1 Å². The number of hydrogen-bond donors (Lipinski definition) is 1. The summed E-state index contributed by atoms with van der Waals surface area (Å²) >= 11 is 1.47. The average Bonchev–Trinajstić information content (AvgIpc) is 3.41. The van der Waals surface area contributed by atoms with Gasteiger partial charge in [-0.2, -0.15) is 0 Å². The second-order valence-corrected chi connectivity index (χ2v) is 9.08. The van der Waals surface area contributed by atoms with E-state index in [1.807, 2.05) is 58.4 Å². The van der Waals surface area contributed by atoms with Crippen LogP contribution < -0.4 is 10.1 Å². The molecule has 4 aromatic rings. The van der Waals surface area contributed by atoms with E-state index in [9.17, 15) is 9.59 Å². The molecule has 0 bridgehead atoms. The summed E-state index contributed by atoms with van der Waals surface area (Å²) in [6.45, 7) is 1.33. The minimum Gasteiger partial charge on any atom is -0.487 e. The molecule has 0 unspecified atom stereocenters. The van der Waals surface area contributed by atoms with E-state index in [0.29, 0.717) is 37.6 Å². The van der Waals surface area contributed by atoms with E-state index >= 15 is 0 Å². The lowest BCUT2D eigenvalue weighted by atomic mass is 10.1. The molecule has 0 radical (unpaired) electrons. The molecule has 0 saturated carbocycles. The molecule has 1 fully saturated rings. The zero-order chi connectivity index (χ0) is 23.3. The smallest absolute Gasteiger partial charge is 0.275 e. The molecule has 9 heteroatoms. The monoisotopic (exact) mass is 475 g/mol. The molecule has 0 aliphatic carbocycles. The molecule has 34 heavy (non-hydrogen) atoms. The van der Waals surface area contributed by atoms with Crippen LogP contribution in [0.15, 0.2) is 66.4 Å². The highest BCUT2D eigenvalue weighted by atomic mass is 32.1. The summed E-state index contributed by atoms with van der Waals surface area (Å²) in [7, 11) is 0. The van der Waals surface area contributed by atoms with Gasteiger partial charge in [0.2, 0.25) is 5.91 Å². The fourth-order valence-corrected chi connectivity index (χ4v) is 4.75. The number of thiazole rings is 1. The molecule has 1 aliphatic heterocycles. The highest BCUT2D eigenvalue weighted by molar-refractivity contribution is 7.15. The molecule has 4 heterocycles. The van der Waals surface area contributed by atoms with Crippen molar-refractivity contribution >= 4 is 28.1 Å². The maximum Gasteiger partial charge on any atom is 0.275 e. The maximum atomic E-state index is 13.5. The zero-order valence-corrected chi connectivity index (χ0v) is 19.4. The first-order chi connectivity index (χ1) is 16.7. The third kappa shape index (κ3) is 4.94. The third-order valence-corrected chi connectivity index (χ3v) is 6.62. The molecule has 1 aliphatic rings. The highest BCUT2D eigenvalue weighted by Gasteiger charge is 2.32. The average molecular weight is 476 g/mol. The minimum absolute atomic E-state index is 0.109. The van der Waals surface area contributed by atoms with E-state index in [-0.39, 0.29) is 11.8 Å². The Hall–Kier alpha value is -3.72. The predicted molar refractivity (Wildman–Crippen MR) is 129 cm³/mol. The van der Waals surface area contributed by atoms with Crippen molar-refractivity contribution in [1.82, 2.24) is 24.6 Å². The Morgan fingerprint density at radius 2 is 2.09 bits per heavy atom. The molecule has 8 nitrogen and oxygen atoms in total. The number of nitrogens with one attached hydrogen (secondary N) is 1. The van der Waals surface area contributed by atoms with Crippen molar-refractivity contribution in [3.05, 3.63) is 83.4 Å². The Balaban J connectivity index is 1.35. The van der Waals surface area contributed by atoms with Crippen LogP contribution in [0.4, 0.5) is 0 Å². The molecule has 1 saturated heterocycles. The standard InChI is InChI=1S/C25H25N5O3S/c31-23-22(6-2-4-12-27-23)30(24(32)21-16-29-13-14-34-25(29)28-21)15-18-7-9-20(10-8-18)33-17-19-5-1-3-11-26-19/h1,3,5,7-11,13-14,16,22H,2,4,6,12,15,17H2,(H,27,31)/t22-/m0/s1.